The molecule has 2 aromatic carbocycles. The molecule has 0 unspecified atom stereocenters. The summed E-state index contributed by atoms with van der Waals surface area (Å²) in [5.74, 6) is -0.0366. The Hall–Kier alpha value is -2.20. The van der Waals surface area contributed by atoms with Crippen LogP contribution in [0.3, 0.4) is 0 Å². The third kappa shape index (κ3) is 3.03. The predicted molar refractivity (Wildman–Crippen MR) is 100 cm³/mol. The lowest BCUT2D eigenvalue weighted by molar-refractivity contribution is -0.131. The lowest BCUT2D eigenvalue weighted by Gasteiger charge is -2.46. The van der Waals surface area contributed by atoms with Gasteiger partial charge >= 0.3 is 0 Å². The first kappa shape index (κ1) is 17.2. The van der Waals surface area contributed by atoms with Crippen LogP contribution in [0.5, 0.6) is 0 Å². The first-order chi connectivity index (χ1) is 12.6. The summed E-state index contributed by atoms with van der Waals surface area (Å²) < 4.78 is 13.2. The van der Waals surface area contributed by atoms with E-state index >= 15 is 0 Å². The minimum atomic E-state index is -0.200. The van der Waals surface area contributed by atoms with Crippen molar-refractivity contribution in [3.8, 4) is 0 Å². The number of halogens is 1. The van der Waals surface area contributed by atoms with Crippen LogP contribution in [0.25, 0.3) is 0 Å². The average molecular weight is 352 g/mol. The summed E-state index contributed by atoms with van der Waals surface area (Å²) in [4.78, 5) is 16.7. The molecule has 0 spiro atoms. The summed E-state index contributed by atoms with van der Waals surface area (Å²) in [6.07, 6.45) is 2.08. The summed E-state index contributed by atoms with van der Waals surface area (Å²) in [6, 6.07) is 17.6. The molecule has 0 radical (unpaired) electrons. The van der Waals surface area contributed by atoms with E-state index in [1.54, 1.807) is 6.92 Å². The van der Waals surface area contributed by atoms with Crippen LogP contribution in [0.4, 0.5) is 4.39 Å². The molecule has 0 aliphatic carbocycles. The fourth-order valence-electron chi connectivity index (χ4n) is 4.82. The van der Waals surface area contributed by atoms with Gasteiger partial charge in [-0.15, -0.1) is 0 Å². The molecule has 2 aliphatic rings. The maximum Gasteiger partial charge on any atom is 0.219 e. The van der Waals surface area contributed by atoms with Crippen molar-refractivity contribution < 1.29 is 9.18 Å². The van der Waals surface area contributed by atoms with Gasteiger partial charge in [0.1, 0.15) is 5.82 Å². The van der Waals surface area contributed by atoms with E-state index in [0.717, 1.165) is 44.6 Å². The normalized spacial score (nSPS) is 25.9. The van der Waals surface area contributed by atoms with Gasteiger partial charge in [-0.2, -0.15) is 0 Å². The minimum Gasteiger partial charge on any atom is -0.338 e. The largest absolute Gasteiger partial charge is 0.338 e. The number of fused-ring (bicyclic) bond motifs is 1. The van der Waals surface area contributed by atoms with Crippen LogP contribution < -0.4 is 0 Å². The molecule has 2 atom stereocenters. The smallest absolute Gasteiger partial charge is 0.219 e. The fraction of sp³-hybridized carbons (Fsp3) is 0.409. The van der Waals surface area contributed by atoms with Crippen LogP contribution in [-0.4, -0.2) is 41.4 Å². The van der Waals surface area contributed by atoms with Crippen molar-refractivity contribution in [3.63, 3.8) is 0 Å². The monoisotopic (exact) mass is 352 g/mol. The van der Waals surface area contributed by atoms with Crippen LogP contribution in [-0.2, 0) is 16.8 Å². The molecule has 2 fully saturated rings. The van der Waals surface area contributed by atoms with E-state index < -0.39 is 0 Å². The van der Waals surface area contributed by atoms with Gasteiger partial charge in [0, 0.05) is 32.0 Å². The Labute approximate surface area is 154 Å². The zero-order valence-corrected chi connectivity index (χ0v) is 15.2. The van der Waals surface area contributed by atoms with Crippen LogP contribution >= 0.6 is 0 Å². The topological polar surface area (TPSA) is 23.6 Å². The van der Waals surface area contributed by atoms with Crippen LogP contribution in [0.1, 0.15) is 30.9 Å². The second-order valence-corrected chi connectivity index (χ2v) is 7.61. The number of amides is 1. The van der Waals surface area contributed by atoms with E-state index in [0.29, 0.717) is 0 Å². The molecule has 1 amide bonds. The highest BCUT2D eigenvalue weighted by atomic mass is 19.1. The second kappa shape index (κ2) is 6.84. The molecular weight excluding hydrogens is 327 g/mol. The number of carbonyl (C=O) groups is 1. The Morgan fingerprint density at radius 2 is 1.77 bits per heavy atom. The molecule has 0 N–H and O–H groups in total. The molecule has 4 rings (SSSR count). The molecule has 0 aromatic heterocycles. The van der Waals surface area contributed by atoms with Crippen LogP contribution in [0.15, 0.2) is 54.6 Å². The molecule has 26 heavy (non-hydrogen) atoms. The Morgan fingerprint density at radius 1 is 1.08 bits per heavy atom. The molecule has 2 aromatic rings. The zero-order chi connectivity index (χ0) is 18.1. The molecule has 136 valence electrons. The van der Waals surface area contributed by atoms with E-state index in [4.69, 9.17) is 0 Å². The minimum absolute atomic E-state index is 0.0617. The van der Waals surface area contributed by atoms with Gasteiger partial charge in [-0.3, -0.25) is 9.69 Å². The Balaban J connectivity index is 1.59. The number of carbonyl (C=O) groups excluding carboxylic acids is 1. The van der Waals surface area contributed by atoms with Crippen molar-refractivity contribution in [1.82, 2.24) is 9.80 Å². The molecule has 0 bridgehead atoms. The number of rotatable bonds is 3. The maximum absolute atomic E-state index is 13.2. The van der Waals surface area contributed by atoms with E-state index in [1.165, 1.54) is 17.7 Å². The van der Waals surface area contributed by atoms with Crippen molar-refractivity contribution in [1.29, 1.82) is 0 Å². The number of hydrogen-bond donors (Lipinski definition) is 0. The number of hydrogen-bond acceptors (Lipinski definition) is 2. The third-order valence-electron chi connectivity index (χ3n) is 6.19. The van der Waals surface area contributed by atoms with Crippen LogP contribution in [0, 0.1) is 5.82 Å². The van der Waals surface area contributed by atoms with E-state index in [9.17, 15) is 9.18 Å². The number of likely N-dealkylation sites (tertiary alicyclic amines) is 2. The van der Waals surface area contributed by atoms with Crippen LogP contribution in [0.2, 0.25) is 0 Å². The van der Waals surface area contributed by atoms with Gasteiger partial charge in [0.15, 0.2) is 0 Å². The zero-order valence-electron chi connectivity index (χ0n) is 15.2. The maximum atomic E-state index is 13.2. The van der Waals surface area contributed by atoms with Gasteiger partial charge in [-0.05, 0) is 42.6 Å². The Bertz CT molecular complexity index is 776. The Kier molecular flexibility index (Phi) is 4.53. The average Bonchev–Trinajstić information content (AvgIpc) is 3.05. The molecule has 0 saturated carbocycles. The van der Waals surface area contributed by atoms with Gasteiger partial charge in [0.25, 0.3) is 0 Å². The van der Waals surface area contributed by atoms with Gasteiger partial charge in [-0.25, -0.2) is 4.39 Å². The molecular formula is C22H25FN2O. The first-order valence-electron chi connectivity index (χ1n) is 9.38. The predicted octanol–water partition coefficient (Wildman–Crippen LogP) is 3.59. The van der Waals surface area contributed by atoms with Crippen molar-refractivity contribution >= 4 is 5.91 Å². The van der Waals surface area contributed by atoms with Gasteiger partial charge < -0.3 is 4.90 Å². The number of nitrogens with zero attached hydrogens (tertiary/aromatic N) is 2. The lowest BCUT2D eigenvalue weighted by atomic mass is 9.69. The summed E-state index contributed by atoms with van der Waals surface area (Å²) in [7, 11) is 0. The SMILES string of the molecule is CC(=O)N1CC[C@]2(c3ccccc3)CCN(Cc3ccc(F)cc3)C[C@H]12. The molecule has 4 heteroatoms. The Morgan fingerprint density at radius 3 is 2.46 bits per heavy atom. The van der Waals surface area contributed by atoms with Crippen molar-refractivity contribution in [2.75, 3.05) is 19.6 Å². The lowest BCUT2D eigenvalue weighted by Crippen LogP contribution is -2.56. The van der Waals surface area contributed by atoms with Crippen molar-refractivity contribution in [2.45, 2.75) is 37.8 Å². The molecule has 2 heterocycles. The second-order valence-electron chi connectivity index (χ2n) is 7.61. The third-order valence-corrected chi connectivity index (χ3v) is 6.19. The highest BCUT2D eigenvalue weighted by Gasteiger charge is 2.51. The highest BCUT2D eigenvalue weighted by Crippen LogP contribution is 2.46. The summed E-state index contributed by atoms with van der Waals surface area (Å²) in [6.45, 7) is 5.17. The highest BCUT2D eigenvalue weighted by molar-refractivity contribution is 5.74. The van der Waals surface area contributed by atoms with Crippen molar-refractivity contribution in [2.24, 2.45) is 0 Å². The molecule has 2 saturated heterocycles. The van der Waals surface area contributed by atoms with Crippen molar-refractivity contribution in [3.05, 3.63) is 71.5 Å². The molecule has 3 nitrogen and oxygen atoms in total. The summed E-state index contributed by atoms with van der Waals surface area (Å²) in [5.41, 5.74) is 2.54. The quantitative estimate of drug-likeness (QED) is 0.843. The standard InChI is InChI=1S/C22H25FN2O/c1-17(26)25-14-12-22(19-5-3-2-4-6-19)11-13-24(16-21(22)25)15-18-7-9-20(23)10-8-18/h2-10,21H,11-16H2,1H3/t21-,22-/m0/s1. The number of piperidine rings is 1. The van der Waals surface area contributed by atoms with E-state index in [1.807, 2.05) is 12.1 Å². The fourth-order valence-corrected chi connectivity index (χ4v) is 4.82. The van der Waals surface area contributed by atoms with E-state index in [-0.39, 0.29) is 23.2 Å². The first-order valence-corrected chi connectivity index (χ1v) is 9.38. The summed E-state index contributed by atoms with van der Waals surface area (Å²) >= 11 is 0. The van der Waals surface area contributed by atoms with Gasteiger partial charge in [0.05, 0.1) is 6.04 Å². The van der Waals surface area contributed by atoms with Gasteiger partial charge in [0.2, 0.25) is 5.91 Å². The number of benzene rings is 2. The van der Waals surface area contributed by atoms with E-state index in [2.05, 4.69) is 40.1 Å². The summed E-state index contributed by atoms with van der Waals surface area (Å²) in [5, 5.41) is 0. The molecule has 2 aliphatic heterocycles. The van der Waals surface area contributed by atoms with Gasteiger partial charge in [-0.1, -0.05) is 42.5 Å².